The second-order valence-corrected chi connectivity index (χ2v) is 11.0. The highest BCUT2D eigenvalue weighted by Crippen LogP contribution is 2.28. The Balaban J connectivity index is 1.30. The molecule has 2 aromatic carbocycles. The minimum Gasteiger partial charge on any atom is -0.465 e. The van der Waals surface area contributed by atoms with Crippen LogP contribution in [-0.4, -0.2) is 57.5 Å². The van der Waals surface area contributed by atoms with Crippen LogP contribution in [0.15, 0.2) is 60.8 Å². The predicted octanol–water partition coefficient (Wildman–Crippen LogP) is 6.03. The molecule has 206 valence electrons. The molecule has 1 fully saturated rings. The number of amides is 1. The lowest BCUT2D eigenvalue weighted by atomic mass is 9.92. The van der Waals surface area contributed by atoms with Crippen LogP contribution in [0.4, 0.5) is 27.9 Å². The number of aromatic nitrogens is 2. The molecular formula is C30H38N6O3. The van der Waals surface area contributed by atoms with E-state index in [9.17, 15) is 14.7 Å². The van der Waals surface area contributed by atoms with Gasteiger partial charge in [-0.1, -0.05) is 30.3 Å². The average molecular weight is 531 g/mol. The quantitative estimate of drug-likeness (QED) is 0.273. The third kappa shape index (κ3) is 7.69. The summed E-state index contributed by atoms with van der Waals surface area (Å²) in [5, 5.41) is 16.0. The van der Waals surface area contributed by atoms with Crippen molar-refractivity contribution in [2.45, 2.75) is 52.1 Å². The second-order valence-electron chi connectivity index (χ2n) is 11.0. The monoisotopic (exact) mass is 530 g/mol. The van der Waals surface area contributed by atoms with Gasteiger partial charge < -0.3 is 25.5 Å². The number of hydrogen-bond acceptors (Lipinski definition) is 7. The molecule has 1 aromatic heterocycles. The number of anilines is 4. The van der Waals surface area contributed by atoms with Crippen molar-refractivity contribution < 1.29 is 14.7 Å². The molecule has 3 aromatic rings. The van der Waals surface area contributed by atoms with Crippen molar-refractivity contribution in [3.8, 4) is 0 Å². The molecule has 4 rings (SSSR count). The van der Waals surface area contributed by atoms with E-state index in [1.54, 1.807) is 4.90 Å². The third-order valence-electron chi connectivity index (χ3n) is 7.15. The van der Waals surface area contributed by atoms with Crippen molar-refractivity contribution in [1.29, 1.82) is 0 Å². The smallest absolute Gasteiger partial charge is 0.407 e. The molecule has 0 bridgehead atoms. The summed E-state index contributed by atoms with van der Waals surface area (Å²) in [6.07, 6.45) is 4.41. The second kappa shape index (κ2) is 12.6. The topological polar surface area (TPSA) is 111 Å². The van der Waals surface area contributed by atoms with Gasteiger partial charge in [-0.15, -0.1) is 0 Å². The molecule has 9 nitrogen and oxygen atoms in total. The third-order valence-corrected chi connectivity index (χ3v) is 7.15. The van der Waals surface area contributed by atoms with Crippen molar-refractivity contribution in [1.82, 2.24) is 14.9 Å². The van der Waals surface area contributed by atoms with Crippen molar-refractivity contribution in [2.75, 3.05) is 35.2 Å². The summed E-state index contributed by atoms with van der Waals surface area (Å²) in [5.74, 6) is 1.43. The van der Waals surface area contributed by atoms with Gasteiger partial charge in [-0.05, 0) is 75.8 Å². The highest BCUT2D eigenvalue weighted by atomic mass is 16.4. The maximum Gasteiger partial charge on any atom is 0.407 e. The Bertz CT molecular complexity index is 1240. The minimum atomic E-state index is -0.849. The molecule has 0 aliphatic carbocycles. The molecule has 0 unspecified atom stereocenters. The average Bonchev–Trinajstić information content (AvgIpc) is 2.92. The highest BCUT2D eigenvalue weighted by Gasteiger charge is 2.27. The van der Waals surface area contributed by atoms with E-state index in [0.717, 1.165) is 55.6 Å². The molecule has 2 heterocycles. The number of carbonyl (C=O) groups excluding carboxylic acids is 1. The summed E-state index contributed by atoms with van der Waals surface area (Å²) >= 11 is 0. The SMILES string of the molecule is CC(C)(C)N(CCC1CCN(c2ccc(Nc3ncc(C=O)c(NCc4ccccc4)n3)cc2)CC1)C(=O)O. The van der Waals surface area contributed by atoms with Gasteiger partial charge in [-0.2, -0.15) is 4.98 Å². The first kappa shape index (κ1) is 27.9. The number of carboxylic acid groups (broad SMARTS) is 1. The summed E-state index contributed by atoms with van der Waals surface area (Å²) < 4.78 is 0. The van der Waals surface area contributed by atoms with Crippen LogP contribution >= 0.6 is 0 Å². The fraction of sp³-hybridized carbons (Fsp3) is 0.400. The number of piperidine rings is 1. The molecule has 1 amide bonds. The van der Waals surface area contributed by atoms with Gasteiger partial charge in [0.05, 0.1) is 5.56 Å². The number of benzene rings is 2. The molecule has 0 atom stereocenters. The zero-order valence-corrected chi connectivity index (χ0v) is 22.9. The number of nitrogens with zero attached hydrogens (tertiary/aromatic N) is 4. The van der Waals surface area contributed by atoms with Gasteiger partial charge in [0.2, 0.25) is 5.95 Å². The van der Waals surface area contributed by atoms with Crippen molar-refractivity contribution in [3.63, 3.8) is 0 Å². The maximum atomic E-state index is 11.6. The van der Waals surface area contributed by atoms with E-state index >= 15 is 0 Å². The Hall–Kier alpha value is -4.14. The molecule has 1 aliphatic heterocycles. The molecule has 1 saturated heterocycles. The lowest BCUT2D eigenvalue weighted by molar-refractivity contribution is 0.0948. The van der Waals surface area contributed by atoms with E-state index in [2.05, 4.69) is 37.6 Å². The Morgan fingerprint density at radius 1 is 1.10 bits per heavy atom. The zero-order valence-electron chi connectivity index (χ0n) is 22.9. The Morgan fingerprint density at radius 3 is 2.41 bits per heavy atom. The summed E-state index contributed by atoms with van der Waals surface area (Å²) in [7, 11) is 0. The van der Waals surface area contributed by atoms with Gasteiger partial charge in [-0.3, -0.25) is 4.79 Å². The van der Waals surface area contributed by atoms with Crippen LogP contribution in [0.2, 0.25) is 0 Å². The van der Waals surface area contributed by atoms with Crippen LogP contribution in [0.25, 0.3) is 0 Å². The fourth-order valence-electron chi connectivity index (χ4n) is 4.86. The number of nitrogens with one attached hydrogen (secondary N) is 2. The molecular weight excluding hydrogens is 492 g/mol. The summed E-state index contributed by atoms with van der Waals surface area (Å²) in [5.41, 5.74) is 3.13. The molecule has 0 spiro atoms. The number of hydrogen-bond donors (Lipinski definition) is 3. The van der Waals surface area contributed by atoms with Crippen LogP contribution in [0, 0.1) is 5.92 Å². The van der Waals surface area contributed by atoms with Crippen molar-refractivity contribution in [2.24, 2.45) is 5.92 Å². The van der Waals surface area contributed by atoms with E-state index < -0.39 is 6.09 Å². The first-order valence-electron chi connectivity index (χ1n) is 13.5. The van der Waals surface area contributed by atoms with Crippen LogP contribution in [-0.2, 0) is 6.54 Å². The minimum absolute atomic E-state index is 0.385. The van der Waals surface area contributed by atoms with E-state index in [0.29, 0.717) is 36.3 Å². The Morgan fingerprint density at radius 2 is 1.79 bits per heavy atom. The number of aldehydes is 1. The van der Waals surface area contributed by atoms with Gasteiger partial charge >= 0.3 is 6.09 Å². The van der Waals surface area contributed by atoms with Gasteiger partial charge in [0.15, 0.2) is 6.29 Å². The van der Waals surface area contributed by atoms with E-state index in [4.69, 9.17) is 0 Å². The molecule has 1 aliphatic rings. The first-order chi connectivity index (χ1) is 18.7. The van der Waals surface area contributed by atoms with Gasteiger partial charge in [0, 0.05) is 49.3 Å². The predicted molar refractivity (Wildman–Crippen MR) is 155 cm³/mol. The highest BCUT2D eigenvalue weighted by molar-refractivity contribution is 5.82. The Kier molecular flexibility index (Phi) is 9.01. The number of rotatable bonds is 10. The molecule has 39 heavy (non-hydrogen) atoms. The number of carbonyl (C=O) groups is 2. The van der Waals surface area contributed by atoms with Gasteiger partial charge in [-0.25, -0.2) is 9.78 Å². The molecule has 0 radical (unpaired) electrons. The van der Waals surface area contributed by atoms with E-state index in [1.807, 2.05) is 63.2 Å². The largest absolute Gasteiger partial charge is 0.465 e. The molecule has 0 saturated carbocycles. The summed E-state index contributed by atoms with van der Waals surface area (Å²) in [6.45, 7) is 8.85. The van der Waals surface area contributed by atoms with E-state index in [-0.39, 0.29) is 5.54 Å². The summed E-state index contributed by atoms with van der Waals surface area (Å²) in [6, 6.07) is 18.1. The lowest BCUT2D eigenvalue weighted by Crippen LogP contribution is -2.46. The molecule has 3 N–H and O–H groups in total. The maximum absolute atomic E-state index is 11.6. The van der Waals surface area contributed by atoms with Gasteiger partial charge in [0.25, 0.3) is 0 Å². The van der Waals surface area contributed by atoms with Gasteiger partial charge in [0.1, 0.15) is 5.82 Å². The van der Waals surface area contributed by atoms with Crippen molar-refractivity contribution >= 4 is 35.5 Å². The van der Waals surface area contributed by atoms with Crippen LogP contribution in [0.1, 0.15) is 56.0 Å². The zero-order chi connectivity index (χ0) is 27.8. The summed E-state index contributed by atoms with van der Waals surface area (Å²) in [4.78, 5) is 35.8. The first-order valence-corrected chi connectivity index (χ1v) is 13.5. The Labute approximate surface area is 230 Å². The van der Waals surface area contributed by atoms with Crippen LogP contribution in [0.5, 0.6) is 0 Å². The van der Waals surface area contributed by atoms with Crippen LogP contribution in [0.3, 0.4) is 0 Å². The van der Waals surface area contributed by atoms with E-state index in [1.165, 1.54) is 6.20 Å². The molecule has 9 heteroatoms. The lowest BCUT2D eigenvalue weighted by Gasteiger charge is -2.37. The van der Waals surface area contributed by atoms with Crippen LogP contribution < -0.4 is 15.5 Å². The fourth-order valence-corrected chi connectivity index (χ4v) is 4.86. The van der Waals surface area contributed by atoms with Crippen molar-refractivity contribution in [3.05, 3.63) is 71.9 Å². The standard InChI is InChI=1S/C30H38N6O3/c1-30(2,3)36(29(38)39)18-15-22-13-16-35(17-14-22)26-11-9-25(10-12-26)33-28-32-20-24(21-37)27(34-28)31-19-23-7-5-4-6-8-23/h4-12,20-22H,13-19H2,1-3H3,(H,38,39)(H2,31,32,33,34). The normalized spacial score (nSPS) is 14.1.